The monoisotopic (exact) mass is 460 g/mol. The van der Waals surface area contributed by atoms with Crippen molar-refractivity contribution in [1.82, 2.24) is 4.98 Å². The average Bonchev–Trinajstić information content (AvgIpc) is 2.75. The minimum Gasteiger partial charge on any atom is -0.490 e. The number of hydrazone groups is 1. The molecule has 1 heterocycles. The highest BCUT2D eigenvalue weighted by atomic mass is 35.5. The Morgan fingerprint density at radius 3 is 2.58 bits per heavy atom. The van der Waals surface area contributed by atoms with E-state index in [1.165, 1.54) is 18.3 Å². The predicted octanol–water partition coefficient (Wildman–Crippen LogP) is 5.72. The molecule has 0 saturated carbocycles. The number of hydrogen-bond donors (Lipinski definition) is 1. The molecule has 0 radical (unpaired) electrons. The fourth-order valence-electron chi connectivity index (χ4n) is 2.53. The maximum Gasteiger partial charge on any atom is 0.287 e. The first-order valence-electron chi connectivity index (χ1n) is 9.19. The molecule has 0 aliphatic rings. The Bertz CT molecular complexity index is 1070. The first-order valence-corrected chi connectivity index (χ1v) is 9.95. The molecule has 8 nitrogen and oxygen atoms in total. The van der Waals surface area contributed by atoms with Crippen molar-refractivity contribution >= 4 is 40.9 Å². The van der Waals surface area contributed by atoms with Crippen molar-refractivity contribution in [2.75, 3.05) is 12.0 Å². The van der Waals surface area contributed by atoms with E-state index in [1.54, 1.807) is 24.3 Å². The van der Waals surface area contributed by atoms with Crippen LogP contribution in [0.3, 0.4) is 0 Å². The molecule has 31 heavy (non-hydrogen) atoms. The highest BCUT2D eigenvalue weighted by molar-refractivity contribution is 6.32. The largest absolute Gasteiger partial charge is 0.490 e. The summed E-state index contributed by atoms with van der Waals surface area (Å²) < 4.78 is 11.6. The standard InChI is InChI=1S/C21H18Cl2N4O4/c1-2-30-19-10-15(11-25-26-20-8-7-17(12-24-20)27(28)29)9-18(23)21(19)31-13-14-3-5-16(22)6-4-14/h3-12H,2,13H2,1H3,(H,24,26)/b25-11+. The van der Waals surface area contributed by atoms with Gasteiger partial charge in [-0.1, -0.05) is 35.3 Å². The van der Waals surface area contributed by atoms with E-state index < -0.39 is 4.92 Å². The molecule has 1 N–H and O–H groups in total. The Morgan fingerprint density at radius 1 is 1.16 bits per heavy atom. The van der Waals surface area contributed by atoms with Gasteiger partial charge in [-0.15, -0.1) is 0 Å². The zero-order valence-electron chi connectivity index (χ0n) is 16.4. The molecule has 0 spiro atoms. The lowest BCUT2D eigenvalue weighted by atomic mass is 10.2. The fraction of sp³-hybridized carbons (Fsp3) is 0.143. The SMILES string of the molecule is CCOc1cc(/C=N/Nc2ccc([N+](=O)[O-])cn2)cc(Cl)c1OCc1ccc(Cl)cc1. The molecule has 1 aromatic heterocycles. The van der Waals surface area contributed by atoms with E-state index in [4.69, 9.17) is 32.7 Å². The second kappa shape index (κ2) is 10.6. The average molecular weight is 461 g/mol. The van der Waals surface area contributed by atoms with Gasteiger partial charge in [-0.05, 0) is 48.4 Å². The van der Waals surface area contributed by atoms with Crippen LogP contribution in [0.2, 0.25) is 10.0 Å². The molecule has 0 saturated heterocycles. The molecule has 0 amide bonds. The highest BCUT2D eigenvalue weighted by Crippen LogP contribution is 2.37. The van der Waals surface area contributed by atoms with Crippen LogP contribution in [0.4, 0.5) is 11.5 Å². The summed E-state index contributed by atoms with van der Waals surface area (Å²) in [5, 5.41) is 15.8. The van der Waals surface area contributed by atoms with Crippen LogP contribution in [0, 0.1) is 10.1 Å². The smallest absolute Gasteiger partial charge is 0.287 e. The number of aromatic nitrogens is 1. The van der Waals surface area contributed by atoms with E-state index in [9.17, 15) is 10.1 Å². The summed E-state index contributed by atoms with van der Waals surface area (Å²) in [4.78, 5) is 14.1. The Morgan fingerprint density at radius 2 is 1.94 bits per heavy atom. The molecule has 160 valence electrons. The Labute approximate surface area is 188 Å². The van der Waals surface area contributed by atoms with Gasteiger partial charge in [0.1, 0.15) is 18.6 Å². The van der Waals surface area contributed by atoms with Gasteiger partial charge in [-0.3, -0.25) is 15.5 Å². The second-order valence-electron chi connectivity index (χ2n) is 6.21. The van der Waals surface area contributed by atoms with E-state index in [-0.39, 0.29) is 5.69 Å². The molecule has 0 fully saturated rings. The van der Waals surface area contributed by atoms with Gasteiger partial charge in [-0.2, -0.15) is 5.10 Å². The quantitative estimate of drug-likeness (QED) is 0.249. The van der Waals surface area contributed by atoms with E-state index in [1.807, 2.05) is 19.1 Å². The lowest BCUT2D eigenvalue weighted by Gasteiger charge is -2.14. The lowest BCUT2D eigenvalue weighted by Crippen LogP contribution is -2.02. The van der Waals surface area contributed by atoms with E-state index >= 15 is 0 Å². The van der Waals surface area contributed by atoms with Crippen molar-refractivity contribution in [3.05, 3.63) is 86.0 Å². The molecular formula is C21H18Cl2N4O4. The Balaban J connectivity index is 1.71. The summed E-state index contributed by atoms with van der Waals surface area (Å²) in [6.07, 6.45) is 2.68. The highest BCUT2D eigenvalue weighted by Gasteiger charge is 2.13. The molecule has 3 aromatic rings. The van der Waals surface area contributed by atoms with Crippen molar-refractivity contribution in [1.29, 1.82) is 0 Å². The number of anilines is 1. The number of ether oxygens (including phenoxy) is 2. The summed E-state index contributed by atoms with van der Waals surface area (Å²) in [5.41, 5.74) is 4.21. The third kappa shape index (κ3) is 6.31. The lowest BCUT2D eigenvalue weighted by molar-refractivity contribution is -0.385. The number of benzene rings is 2. The van der Waals surface area contributed by atoms with Crippen molar-refractivity contribution < 1.29 is 14.4 Å². The van der Waals surface area contributed by atoms with Crippen molar-refractivity contribution in [2.24, 2.45) is 5.10 Å². The minimum absolute atomic E-state index is 0.100. The Hall–Kier alpha value is -3.36. The number of nitrogens with one attached hydrogen (secondary N) is 1. The normalized spacial score (nSPS) is 10.8. The van der Waals surface area contributed by atoms with Crippen molar-refractivity contribution in [3.63, 3.8) is 0 Å². The van der Waals surface area contributed by atoms with E-state index in [0.717, 1.165) is 11.8 Å². The molecule has 0 aliphatic carbocycles. The Kier molecular flexibility index (Phi) is 7.64. The zero-order chi connectivity index (χ0) is 22.2. The number of nitrogens with zero attached hydrogens (tertiary/aromatic N) is 3. The van der Waals surface area contributed by atoms with Crippen LogP contribution in [0.25, 0.3) is 0 Å². The van der Waals surface area contributed by atoms with Gasteiger partial charge in [0.05, 0.1) is 22.8 Å². The first kappa shape index (κ1) is 22.3. The van der Waals surface area contributed by atoms with Gasteiger partial charge >= 0.3 is 0 Å². The minimum atomic E-state index is -0.520. The molecule has 10 heteroatoms. The summed E-state index contributed by atoms with van der Waals surface area (Å²) in [5.74, 6) is 1.28. The van der Waals surface area contributed by atoms with Crippen LogP contribution < -0.4 is 14.9 Å². The summed E-state index contributed by atoms with van der Waals surface area (Å²) in [6, 6.07) is 13.6. The number of pyridine rings is 1. The topological polar surface area (TPSA) is 98.9 Å². The number of hydrogen-bond acceptors (Lipinski definition) is 7. The van der Waals surface area contributed by atoms with Crippen LogP contribution in [-0.4, -0.2) is 22.7 Å². The van der Waals surface area contributed by atoms with Crippen LogP contribution in [0.15, 0.2) is 59.8 Å². The van der Waals surface area contributed by atoms with Crippen LogP contribution in [0.1, 0.15) is 18.1 Å². The van der Waals surface area contributed by atoms with Gasteiger partial charge in [0.2, 0.25) is 0 Å². The van der Waals surface area contributed by atoms with Gasteiger partial charge in [0.25, 0.3) is 5.69 Å². The molecule has 0 atom stereocenters. The first-order chi connectivity index (χ1) is 15.0. The van der Waals surface area contributed by atoms with Gasteiger partial charge in [-0.25, -0.2) is 4.98 Å². The second-order valence-corrected chi connectivity index (χ2v) is 7.05. The molecule has 3 rings (SSSR count). The maximum atomic E-state index is 10.7. The molecular weight excluding hydrogens is 443 g/mol. The summed E-state index contributed by atoms with van der Waals surface area (Å²) in [7, 11) is 0. The fourth-order valence-corrected chi connectivity index (χ4v) is 2.93. The predicted molar refractivity (Wildman–Crippen MR) is 121 cm³/mol. The van der Waals surface area contributed by atoms with Gasteiger partial charge in [0.15, 0.2) is 11.5 Å². The van der Waals surface area contributed by atoms with Crippen LogP contribution >= 0.6 is 23.2 Å². The third-order valence-electron chi connectivity index (χ3n) is 3.98. The number of rotatable bonds is 9. The molecule has 0 bridgehead atoms. The van der Waals surface area contributed by atoms with Gasteiger partial charge in [0, 0.05) is 11.1 Å². The van der Waals surface area contributed by atoms with Crippen molar-refractivity contribution in [2.45, 2.75) is 13.5 Å². The summed E-state index contributed by atoms with van der Waals surface area (Å²) in [6.45, 7) is 2.59. The number of nitro groups is 1. The molecule has 2 aromatic carbocycles. The number of halogens is 2. The van der Waals surface area contributed by atoms with E-state index in [0.29, 0.717) is 46.1 Å². The maximum absolute atomic E-state index is 10.7. The molecule has 0 aliphatic heterocycles. The van der Waals surface area contributed by atoms with Crippen LogP contribution in [0.5, 0.6) is 11.5 Å². The third-order valence-corrected chi connectivity index (χ3v) is 4.51. The summed E-state index contributed by atoms with van der Waals surface area (Å²) >= 11 is 12.3. The van der Waals surface area contributed by atoms with Crippen LogP contribution in [-0.2, 0) is 6.61 Å². The van der Waals surface area contributed by atoms with Crippen molar-refractivity contribution in [3.8, 4) is 11.5 Å². The van der Waals surface area contributed by atoms with E-state index in [2.05, 4.69) is 15.5 Å². The van der Waals surface area contributed by atoms with Gasteiger partial charge < -0.3 is 9.47 Å². The molecule has 0 unspecified atom stereocenters. The zero-order valence-corrected chi connectivity index (χ0v) is 17.9.